The molecule has 18 heavy (non-hydrogen) atoms. The lowest BCUT2D eigenvalue weighted by molar-refractivity contribution is 0.141. The Balaban J connectivity index is 1.95. The summed E-state index contributed by atoms with van der Waals surface area (Å²) in [4.78, 5) is 0. The lowest BCUT2D eigenvalue weighted by atomic mass is 10.1. The molecule has 0 radical (unpaired) electrons. The number of aromatic amines is 1. The number of H-pyrrole nitrogens is 1. The van der Waals surface area contributed by atoms with Gasteiger partial charge in [-0.05, 0) is 37.6 Å². The van der Waals surface area contributed by atoms with Crippen molar-refractivity contribution in [1.82, 2.24) is 10.2 Å². The van der Waals surface area contributed by atoms with Crippen molar-refractivity contribution in [3.05, 3.63) is 36.5 Å². The van der Waals surface area contributed by atoms with Gasteiger partial charge in [-0.3, -0.25) is 5.10 Å². The van der Waals surface area contributed by atoms with Crippen LogP contribution in [0.2, 0.25) is 0 Å². The van der Waals surface area contributed by atoms with Gasteiger partial charge in [-0.2, -0.15) is 5.10 Å². The van der Waals surface area contributed by atoms with E-state index in [1.165, 1.54) is 0 Å². The first-order valence-corrected chi connectivity index (χ1v) is 6.23. The third-order valence-electron chi connectivity index (χ3n) is 2.68. The van der Waals surface area contributed by atoms with Crippen LogP contribution in [0.5, 0.6) is 0 Å². The minimum atomic E-state index is 0.308. The molecule has 1 atom stereocenters. The molecule has 0 bridgehead atoms. The molecule has 0 aliphatic rings. The van der Waals surface area contributed by atoms with Crippen LogP contribution >= 0.6 is 0 Å². The molecule has 2 N–H and O–H groups in total. The van der Waals surface area contributed by atoms with E-state index in [4.69, 9.17) is 4.74 Å². The van der Waals surface area contributed by atoms with Crippen molar-refractivity contribution in [3.63, 3.8) is 0 Å². The Bertz CT molecular complexity index is 450. The van der Waals surface area contributed by atoms with Gasteiger partial charge in [-0.15, -0.1) is 0 Å². The summed E-state index contributed by atoms with van der Waals surface area (Å²) in [6.45, 7) is 5.59. The number of rotatable bonds is 6. The second kappa shape index (κ2) is 6.21. The molecule has 2 rings (SSSR count). The summed E-state index contributed by atoms with van der Waals surface area (Å²) in [5, 5.41) is 10.3. The maximum atomic E-state index is 5.37. The van der Waals surface area contributed by atoms with E-state index in [2.05, 4.69) is 46.7 Å². The molecule has 4 heteroatoms. The zero-order valence-electron chi connectivity index (χ0n) is 10.8. The summed E-state index contributed by atoms with van der Waals surface area (Å²) in [5.41, 5.74) is 3.27. The molecule has 0 fully saturated rings. The van der Waals surface area contributed by atoms with E-state index in [1.807, 2.05) is 13.0 Å². The molecule has 0 aliphatic carbocycles. The van der Waals surface area contributed by atoms with Crippen molar-refractivity contribution in [2.24, 2.45) is 0 Å². The summed E-state index contributed by atoms with van der Waals surface area (Å²) < 4.78 is 5.37. The SMILES string of the molecule is CCOCC(C)Nc1ccc(-c2ccn[nH]2)cc1. The van der Waals surface area contributed by atoms with Gasteiger partial charge in [0.05, 0.1) is 12.3 Å². The first kappa shape index (κ1) is 12.6. The number of benzene rings is 1. The van der Waals surface area contributed by atoms with Crippen LogP contribution in [0.3, 0.4) is 0 Å². The van der Waals surface area contributed by atoms with Gasteiger partial charge in [0, 0.05) is 24.5 Å². The lowest BCUT2D eigenvalue weighted by Crippen LogP contribution is -2.21. The topological polar surface area (TPSA) is 49.9 Å². The standard InChI is InChI=1S/C14H19N3O/c1-3-18-10-11(2)16-13-6-4-12(5-7-13)14-8-9-15-17-14/h4-9,11,16H,3,10H2,1-2H3,(H,15,17). The smallest absolute Gasteiger partial charge is 0.0664 e. The Hall–Kier alpha value is -1.81. The van der Waals surface area contributed by atoms with Gasteiger partial charge in [0.1, 0.15) is 0 Å². The molecule has 0 aliphatic heterocycles. The minimum Gasteiger partial charge on any atom is -0.380 e. The van der Waals surface area contributed by atoms with Crippen LogP contribution in [0.4, 0.5) is 5.69 Å². The number of ether oxygens (including phenoxy) is 1. The van der Waals surface area contributed by atoms with Crippen molar-refractivity contribution < 1.29 is 4.74 Å². The number of hydrogen-bond donors (Lipinski definition) is 2. The largest absolute Gasteiger partial charge is 0.380 e. The van der Waals surface area contributed by atoms with Gasteiger partial charge < -0.3 is 10.1 Å². The van der Waals surface area contributed by atoms with Crippen LogP contribution in [0, 0.1) is 0 Å². The third-order valence-corrected chi connectivity index (χ3v) is 2.68. The van der Waals surface area contributed by atoms with Gasteiger partial charge in [-0.1, -0.05) is 12.1 Å². The zero-order chi connectivity index (χ0) is 12.8. The Kier molecular flexibility index (Phi) is 4.36. The van der Waals surface area contributed by atoms with Crippen molar-refractivity contribution in [2.45, 2.75) is 19.9 Å². The summed E-state index contributed by atoms with van der Waals surface area (Å²) in [6, 6.07) is 10.5. The van der Waals surface area contributed by atoms with Crippen LogP contribution in [0.25, 0.3) is 11.3 Å². The average Bonchev–Trinajstić information content (AvgIpc) is 2.91. The normalized spacial score (nSPS) is 12.3. The monoisotopic (exact) mass is 245 g/mol. The van der Waals surface area contributed by atoms with Crippen LogP contribution in [0.15, 0.2) is 36.5 Å². The highest BCUT2D eigenvalue weighted by Gasteiger charge is 2.02. The predicted molar refractivity (Wildman–Crippen MR) is 73.6 cm³/mol. The van der Waals surface area contributed by atoms with Crippen LogP contribution in [-0.2, 0) is 4.74 Å². The fraction of sp³-hybridized carbons (Fsp3) is 0.357. The van der Waals surface area contributed by atoms with Crippen molar-refractivity contribution in [2.75, 3.05) is 18.5 Å². The van der Waals surface area contributed by atoms with Crippen LogP contribution in [0.1, 0.15) is 13.8 Å². The number of aromatic nitrogens is 2. The molecule has 0 saturated carbocycles. The molecule has 1 aromatic heterocycles. The Morgan fingerprint density at radius 3 is 2.67 bits per heavy atom. The van der Waals surface area contributed by atoms with Gasteiger partial charge in [-0.25, -0.2) is 0 Å². The Morgan fingerprint density at radius 2 is 2.06 bits per heavy atom. The van der Waals surface area contributed by atoms with E-state index >= 15 is 0 Å². The number of nitrogens with one attached hydrogen (secondary N) is 2. The van der Waals surface area contributed by atoms with E-state index in [0.29, 0.717) is 6.04 Å². The molecule has 2 aromatic rings. The molecule has 0 saturated heterocycles. The predicted octanol–water partition coefficient (Wildman–Crippen LogP) is 2.91. The minimum absolute atomic E-state index is 0.308. The second-order valence-electron chi connectivity index (χ2n) is 4.25. The number of hydrogen-bond acceptors (Lipinski definition) is 3. The summed E-state index contributed by atoms with van der Waals surface area (Å²) in [6.07, 6.45) is 1.76. The molecule has 4 nitrogen and oxygen atoms in total. The molecular formula is C14H19N3O. The van der Waals surface area contributed by atoms with Crippen molar-refractivity contribution >= 4 is 5.69 Å². The van der Waals surface area contributed by atoms with Crippen LogP contribution in [-0.4, -0.2) is 29.5 Å². The van der Waals surface area contributed by atoms with Gasteiger partial charge in [0.15, 0.2) is 0 Å². The molecule has 1 aromatic carbocycles. The van der Waals surface area contributed by atoms with E-state index in [9.17, 15) is 0 Å². The molecule has 1 unspecified atom stereocenters. The highest BCUT2D eigenvalue weighted by atomic mass is 16.5. The summed E-state index contributed by atoms with van der Waals surface area (Å²) in [7, 11) is 0. The summed E-state index contributed by atoms with van der Waals surface area (Å²) in [5.74, 6) is 0. The second-order valence-corrected chi connectivity index (χ2v) is 4.25. The highest BCUT2D eigenvalue weighted by molar-refractivity contribution is 5.62. The number of nitrogens with zero attached hydrogens (tertiary/aromatic N) is 1. The van der Waals surface area contributed by atoms with E-state index in [0.717, 1.165) is 30.2 Å². The first-order valence-electron chi connectivity index (χ1n) is 6.23. The van der Waals surface area contributed by atoms with Gasteiger partial charge in [0.25, 0.3) is 0 Å². The number of anilines is 1. The fourth-order valence-electron chi connectivity index (χ4n) is 1.78. The fourth-order valence-corrected chi connectivity index (χ4v) is 1.78. The quantitative estimate of drug-likeness (QED) is 0.822. The first-order chi connectivity index (χ1) is 8.79. The van der Waals surface area contributed by atoms with E-state index in [-0.39, 0.29) is 0 Å². The van der Waals surface area contributed by atoms with Crippen molar-refractivity contribution in [3.8, 4) is 11.3 Å². The Labute approximate surface area is 107 Å². The van der Waals surface area contributed by atoms with Crippen LogP contribution < -0.4 is 5.32 Å². The average molecular weight is 245 g/mol. The van der Waals surface area contributed by atoms with Gasteiger partial charge in [0.2, 0.25) is 0 Å². The maximum absolute atomic E-state index is 5.37. The lowest BCUT2D eigenvalue weighted by Gasteiger charge is -2.15. The third kappa shape index (κ3) is 3.34. The molecule has 0 amide bonds. The molecule has 0 spiro atoms. The molecule has 96 valence electrons. The molecular weight excluding hydrogens is 226 g/mol. The summed E-state index contributed by atoms with van der Waals surface area (Å²) >= 11 is 0. The van der Waals surface area contributed by atoms with Crippen molar-refractivity contribution in [1.29, 1.82) is 0 Å². The van der Waals surface area contributed by atoms with E-state index < -0.39 is 0 Å². The van der Waals surface area contributed by atoms with Gasteiger partial charge >= 0.3 is 0 Å². The maximum Gasteiger partial charge on any atom is 0.0664 e. The highest BCUT2D eigenvalue weighted by Crippen LogP contribution is 2.19. The van der Waals surface area contributed by atoms with E-state index in [1.54, 1.807) is 6.20 Å². The zero-order valence-corrected chi connectivity index (χ0v) is 10.8. The Morgan fingerprint density at radius 1 is 1.28 bits per heavy atom. The molecule has 1 heterocycles.